The Morgan fingerprint density at radius 1 is 1.33 bits per heavy atom. The number of nitrogens with two attached hydrogens (primary N) is 1. The Morgan fingerprint density at radius 3 is 2.89 bits per heavy atom. The minimum absolute atomic E-state index is 0.215. The maximum absolute atomic E-state index is 12.2. The Labute approximate surface area is 110 Å². The summed E-state index contributed by atoms with van der Waals surface area (Å²) in [5, 5.41) is 0. The third-order valence-electron chi connectivity index (χ3n) is 4.21. The quantitative estimate of drug-likeness (QED) is 0.819. The molecule has 2 N–H and O–H groups in total. The zero-order chi connectivity index (χ0) is 13.0. The molecule has 0 spiro atoms. The van der Waals surface area contributed by atoms with Crippen LogP contribution in [0.3, 0.4) is 0 Å². The van der Waals surface area contributed by atoms with Crippen molar-refractivity contribution in [1.29, 1.82) is 0 Å². The summed E-state index contributed by atoms with van der Waals surface area (Å²) in [6.45, 7) is 6.32. The number of hydrogen-bond acceptors (Lipinski definition) is 3. The molecular formula is C14H27N3O. The van der Waals surface area contributed by atoms with Crippen molar-refractivity contribution in [3.8, 4) is 0 Å². The summed E-state index contributed by atoms with van der Waals surface area (Å²) in [6.07, 6.45) is 6.27. The first kappa shape index (κ1) is 13.8. The van der Waals surface area contributed by atoms with Crippen molar-refractivity contribution in [3.63, 3.8) is 0 Å². The molecule has 2 saturated heterocycles. The molecule has 2 unspecified atom stereocenters. The van der Waals surface area contributed by atoms with Crippen molar-refractivity contribution in [3.05, 3.63) is 0 Å². The van der Waals surface area contributed by atoms with Gasteiger partial charge in [0, 0.05) is 38.1 Å². The molecule has 0 aliphatic carbocycles. The minimum Gasteiger partial charge on any atom is -0.341 e. The highest BCUT2D eigenvalue weighted by molar-refractivity contribution is 5.76. The van der Waals surface area contributed by atoms with E-state index in [0.717, 1.165) is 32.4 Å². The number of hydrogen-bond donors (Lipinski definition) is 1. The van der Waals surface area contributed by atoms with Crippen LogP contribution >= 0.6 is 0 Å². The zero-order valence-electron chi connectivity index (χ0n) is 11.6. The molecule has 0 radical (unpaired) electrons. The van der Waals surface area contributed by atoms with Crippen LogP contribution in [-0.4, -0.2) is 54.0 Å². The molecule has 2 aliphatic rings. The fourth-order valence-corrected chi connectivity index (χ4v) is 3.17. The number of amides is 1. The van der Waals surface area contributed by atoms with Gasteiger partial charge in [-0.3, -0.25) is 9.69 Å². The van der Waals surface area contributed by atoms with Gasteiger partial charge in [-0.25, -0.2) is 0 Å². The van der Waals surface area contributed by atoms with E-state index in [1.807, 2.05) is 6.92 Å². The summed E-state index contributed by atoms with van der Waals surface area (Å²) in [5.74, 6) is 0.337. The van der Waals surface area contributed by atoms with Gasteiger partial charge >= 0.3 is 0 Å². The molecule has 18 heavy (non-hydrogen) atoms. The van der Waals surface area contributed by atoms with Gasteiger partial charge in [-0.2, -0.15) is 0 Å². The summed E-state index contributed by atoms with van der Waals surface area (Å²) >= 11 is 0. The minimum atomic E-state index is 0.215. The normalized spacial score (nSPS) is 26.8. The molecule has 0 saturated carbocycles. The van der Waals surface area contributed by atoms with Crippen molar-refractivity contribution < 1.29 is 4.79 Å². The number of carbonyl (C=O) groups is 1. The van der Waals surface area contributed by atoms with Crippen molar-refractivity contribution in [2.75, 3.05) is 26.2 Å². The first-order valence-corrected chi connectivity index (χ1v) is 7.44. The van der Waals surface area contributed by atoms with Crippen LogP contribution in [0, 0.1) is 0 Å². The van der Waals surface area contributed by atoms with E-state index in [-0.39, 0.29) is 6.04 Å². The second-order valence-corrected chi connectivity index (χ2v) is 5.89. The largest absolute Gasteiger partial charge is 0.341 e. The Balaban J connectivity index is 1.78. The predicted molar refractivity (Wildman–Crippen MR) is 73.3 cm³/mol. The fourth-order valence-electron chi connectivity index (χ4n) is 3.17. The lowest BCUT2D eigenvalue weighted by Crippen LogP contribution is -2.39. The Hall–Kier alpha value is -0.610. The zero-order valence-corrected chi connectivity index (χ0v) is 11.6. The van der Waals surface area contributed by atoms with Gasteiger partial charge in [0.1, 0.15) is 0 Å². The van der Waals surface area contributed by atoms with E-state index < -0.39 is 0 Å². The van der Waals surface area contributed by atoms with Gasteiger partial charge in [-0.15, -0.1) is 0 Å². The molecule has 4 heteroatoms. The van der Waals surface area contributed by atoms with E-state index in [2.05, 4.69) is 9.80 Å². The molecule has 2 aliphatic heterocycles. The van der Waals surface area contributed by atoms with Gasteiger partial charge in [0.2, 0.25) is 5.91 Å². The van der Waals surface area contributed by atoms with Crippen molar-refractivity contribution >= 4 is 5.91 Å². The van der Waals surface area contributed by atoms with E-state index in [9.17, 15) is 4.79 Å². The van der Waals surface area contributed by atoms with Crippen LogP contribution in [0.25, 0.3) is 0 Å². The van der Waals surface area contributed by atoms with Gasteiger partial charge in [0.15, 0.2) is 0 Å². The topological polar surface area (TPSA) is 49.6 Å². The molecule has 4 nitrogen and oxygen atoms in total. The van der Waals surface area contributed by atoms with Crippen LogP contribution in [0.5, 0.6) is 0 Å². The third-order valence-corrected chi connectivity index (χ3v) is 4.21. The van der Waals surface area contributed by atoms with E-state index in [0.29, 0.717) is 18.4 Å². The molecule has 0 aromatic rings. The van der Waals surface area contributed by atoms with Gasteiger partial charge in [0.25, 0.3) is 0 Å². The number of fused-ring (bicyclic) bond motifs is 1. The predicted octanol–water partition coefficient (Wildman–Crippen LogP) is 1.20. The van der Waals surface area contributed by atoms with E-state index >= 15 is 0 Å². The lowest BCUT2D eigenvalue weighted by molar-refractivity contribution is -0.131. The number of rotatable bonds is 4. The summed E-state index contributed by atoms with van der Waals surface area (Å²) < 4.78 is 0. The number of nitrogens with zero attached hydrogens (tertiary/aromatic N) is 2. The molecule has 2 fully saturated rings. The molecule has 1 amide bonds. The van der Waals surface area contributed by atoms with Crippen molar-refractivity contribution in [2.45, 2.75) is 57.5 Å². The second kappa shape index (κ2) is 6.53. The Bertz CT molecular complexity index is 280. The van der Waals surface area contributed by atoms with Gasteiger partial charge in [0.05, 0.1) is 0 Å². The van der Waals surface area contributed by atoms with Crippen molar-refractivity contribution in [1.82, 2.24) is 9.80 Å². The van der Waals surface area contributed by atoms with Gasteiger partial charge < -0.3 is 10.6 Å². The molecule has 2 atom stereocenters. The molecular weight excluding hydrogens is 226 g/mol. The van der Waals surface area contributed by atoms with Crippen LogP contribution in [0.2, 0.25) is 0 Å². The molecule has 2 heterocycles. The maximum atomic E-state index is 12.2. The van der Waals surface area contributed by atoms with Crippen LogP contribution < -0.4 is 5.73 Å². The smallest absolute Gasteiger partial charge is 0.222 e. The second-order valence-electron chi connectivity index (χ2n) is 5.89. The lowest BCUT2D eigenvalue weighted by Gasteiger charge is -2.25. The van der Waals surface area contributed by atoms with Gasteiger partial charge in [-0.1, -0.05) is 0 Å². The maximum Gasteiger partial charge on any atom is 0.222 e. The monoisotopic (exact) mass is 253 g/mol. The SMILES string of the molecule is CC(N)CCCC(=O)N1CCCN2CCCC2C1. The summed E-state index contributed by atoms with van der Waals surface area (Å²) in [6, 6.07) is 0.845. The first-order chi connectivity index (χ1) is 8.66. The summed E-state index contributed by atoms with van der Waals surface area (Å²) in [7, 11) is 0. The average Bonchev–Trinajstić information content (AvgIpc) is 2.66. The van der Waals surface area contributed by atoms with Gasteiger partial charge in [-0.05, 0) is 45.6 Å². The molecule has 2 rings (SSSR count). The highest BCUT2D eigenvalue weighted by Crippen LogP contribution is 2.21. The van der Waals surface area contributed by atoms with E-state index in [1.165, 1.54) is 25.9 Å². The van der Waals surface area contributed by atoms with Crippen molar-refractivity contribution in [2.24, 2.45) is 5.73 Å². The Morgan fingerprint density at radius 2 is 2.11 bits per heavy atom. The van der Waals surface area contributed by atoms with E-state index in [1.54, 1.807) is 0 Å². The van der Waals surface area contributed by atoms with E-state index in [4.69, 9.17) is 5.73 Å². The van der Waals surface area contributed by atoms with Crippen LogP contribution in [0.1, 0.15) is 45.4 Å². The van der Waals surface area contributed by atoms with Crippen LogP contribution in [0.4, 0.5) is 0 Å². The lowest BCUT2D eigenvalue weighted by atomic mass is 10.1. The molecule has 0 aromatic carbocycles. The third kappa shape index (κ3) is 3.69. The average molecular weight is 253 g/mol. The highest BCUT2D eigenvalue weighted by atomic mass is 16.2. The first-order valence-electron chi connectivity index (χ1n) is 7.44. The number of carbonyl (C=O) groups excluding carboxylic acids is 1. The highest BCUT2D eigenvalue weighted by Gasteiger charge is 2.30. The van der Waals surface area contributed by atoms with Crippen LogP contribution in [0.15, 0.2) is 0 Å². The standard InChI is InChI=1S/C14H27N3O/c1-12(15)5-2-7-14(18)17-10-4-9-16-8-3-6-13(16)11-17/h12-13H,2-11,15H2,1H3. The fraction of sp³-hybridized carbons (Fsp3) is 0.929. The molecule has 0 bridgehead atoms. The summed E-state index contributed by atoms with van der Waals surface area (Å²) in [5.41, 5.74) is 5.72. The van der Waals surface area contributed by atoms with Crippen LogP contribution in [-0.2, 0) is 4.79 Å². The Kier molecular flexibility index (Phi) is 5.01. The molecule has 0 aromatic heterocycles. The summed E-state index contributed by atoms with van der Waals surface area (Å²) in [4.78, 5) is 16.8. The molecule has 104 valence electrons.